The summed E-state index contributed by atoms with van der Waals surface area (Å²) in [6, 6.07) is 14.3. The van der Waals surface area contributed by atoms with E-state index in [0.717, 1.165) is 11.3 Å². The normalized spacial score (nSPS) is 17.2. The van der Waals surface area contributed by atoms with Crippen LogP contribution in [0.25, 0.3) is 0 Å². The second-order valence-electron chi connectivity index (χ2n) is 7.23. The van der Waals surface area contributed by atoms with Gasteiger partial charge in [0, 0.05) is 38.4 Å². The van der Waals surface area contributed by atoms with Gasteiger partial charge in [-0.25, -0.2) is 8.42 Å². The van der Waals surface area contributed by atoms with Gasteiger partial charge in [-0.05, 0) is 42.3 Å². The lowest BCUT2D eigenvalue weighted by Crippen LogP contribution is -2.51. The Balaban J connectivity index is 1.49. The van der Waals surface area contributed by atoms with E-state index in [0.29, 0.717) is 44.8 Å². The molecule has 0 N–H and O–H groups in total. The maximum Gasteiger partial charge on any atom is 0.274 e. The molecular weight excluding hydrogens is 469 g/mol. The molecule has 0 aliphatic carbocycles. The van der Waals surface area contributed by atoms with Gasteiger partial charge in [-0.3, -0.25) is 9.10 Å². The number of carbonyl (C=O) groups is 1. The topological polar surface area (TPSA) is 60.9 Å². The zero-order valence-corrected chi connectivity index (χ0v) is 19.1. The van der Waals surface area contributed by atoms with Gasteiger partial charge in [0.2, 0.25) is 0 Å². The maximum atomic E-state index is 13.0. The predicted octanol–water partition coefficient (Wildman–Crippen LogP) is 3.46. The minimum absolute atomic E-state index is 0.289. The number of benzene rings is 2. The van der Waals surface area contributed by atoms with Crippen LogP contribution < -0.4 is 9.21 Å². The van der Waals surface area contributed by atoms with Crippen LogP contribution in [-0.2, 0) is 21.2 Å². The Hall–Kier alpha value is -1.67. The number of fused-ring (bicyclic) bond motifs is 1. The fourth-order valence-electron chi connectivity index (χ4n) is 3.87. The minimum atomic E-state index is -3.58. The molecule has 2 aromatic carbocycles. The van der Waals surface area contributed by atoms with Crippen molar-refractivity contribution in [2.75, 3.05) is 41.9 Å². The van der Waals surface area contributed by atoms with Crippen molar-refractivity contribution in [1.29, 1.82) is 0 Å². The van der Waals surface area contributed by atoms with Crippen molar-refractivity contribution in [3.8, 4) is 0 Å². The molecule has 0 atom stereocenters. The molecule has 10 heteroatoms. The summed E-state index contributed by atoms with van der Waals surface area (Å²) in [7, 11) is -3.58. The van der Waals surface area contributed by atoms with E-state index < -0.39 is 19.7 Å². The summed E-state index contributed by atoms with van der Waals surface area (Å²) in [5.41, 5.74) is 2.70. The highest BCUT2D eigenvalue weighted by Crippen LogP contribution is 2.36. The number of hydrogen-bond donors (Lipinski definition) is 0. The quantitative estimate of drug-likeness (QED) is 0.621. The number of hydrogen-bond acceptors (Lipinski definition) is 4. The first-order valence-corrected chi connectivity index (χ1v) is 12.1. The molecule has 30 heavy (non-hydrogen) atoms. The van der Waals surface area contributed by atoms with Crippen LogP contribution in [0.4, 0.5) is 11.4 Å². The van der Waals surface area contributed by atoms with E-state index in [9.17, 15) is 13.2 Å². The van der Waals surface area contributed by atoms with Gasteiger partial charge in [0.1, 0.15) is 0 Å². The largest absolute Gasteiger partial charge is 0.368 e. The van der Waals surface area contributed by atoms with Crippen LogP contribution in [0.15, 0.2) is 53.4 Å². The van der Waals surface area contributed by atoms with Crippen molar-refractivity contribution in [3.63, 3.8) is 0 Å². The summed E-state index contributed by atoms with van der Waals surface area (Å²) < 4.78 is 25.6. The lowest BCUT2D eigenvalue weighted by atomic mass is 10.1. The summed E-state index contributed by atoms with van der Waals surface area (Å²) in [5.74, 6) is -0.511. The van der Waals surface area contributed by atoms with Crippen molar-refractivity contribution >= 4 is 62.1 Å². The third-order valence-corrected chi connectivity index (χ3v) is 7.73. The number of amides is 1. The Morgan fingerprint density at radius 2 is 1.57 bits per heavy atom. The molecule has 0 unspecified atom stereocenters. The SMILES string of the molecule is O=C(N1CCN(c2ccc3c(c2)CCN3S(=O)(=O)c2ccccc2)CC1)C(Cl)(Cl)Cl. The van der Waals surface area contributed by atoms with E-state index in [1.165, 1.54) is 4.31 Å². The molecule has 0 saturated carbocycles. The molecule has 160 valence electrons. The molecule has 2 aliphatic rings. The summed E-state index contributed by atoms with van der Waals surface area (Å²) in [6.07, 6.45) is 0.654. The number of nitrogens with zero attached hydrogens (tertiary/aromatic N) is 3. The van der Waals surface area contributed by atoms with Crippen LogP contribution in [0.3, 0.4) is 0 Å². The molecular formula is C20H20Cl3N3O3S. The third kappa shape index (κ3) is 4.08. The zero-order valence-electron chi connectivity index (χ0n) is 16.0. The molecule has 0 bridgehead atoms. The molecule has 1 amide bonds. The zero-order chi connectivity index (χ0) is 21.5. The lowest BCUT2D eigenvalue weighted by molar-refractivity contribution is -0.130. The summed E-state index contributed by atoms with van der Waals surface area (Å²) in [4.78, 5) is 16.1. The Bertz CT molecular complexity index is 1050. The smallest absolute Gasteiger partial charge is 0.274 e. The van der Waals surface area contributed by atoms with Gasteiger partial charge in [-0.2, -0.15) is 0 Å². The highest BCUT2D eigenvalue weighted by Gasteiger charge is 2.37. The van der Waals surface area contributed by atoms with E-state index in [2.05, 4.69) is 4.90 Å². The second-order valence-corrected chi connectivity index (χ2v) is 11.4. The molecule has 2 heterocycles. The van der Waals surface area contributed by atoms with E-state index in [-0.39, 0.29) is 4.90 Å². The Labute approximate surface area is 191 Å². The van der Waals surface area contributed by atoms with Crippen LogP contribution >= 0.6 is 34.8 Å². The van der Waals surface area contributed by atoms with Crippen molar-refractivity contribution in [1.82, 2.24) is 4.90 Å². The van der Waals surface area contributed by atoms with Gasteiger partial charge in [0.15, 0.2) is 0 Å². The van der Waals surface area contributed by atoms with Gasteiger partial charge in [-0.15, -0.1) is 0 Å². The first-order chi connectivity index (χ1) is 14.2. The van der Waals surface area contributed by atoms with Crippen LogP contribution in [0.2, 0.25) is 0 Å². The highest BCUT2D eigenvalue weighted by atomic mass is 35.6. The van der Waals surface area contributed by atoms with Gasteiger partial charge >= 0.3 is 0 Å². The third-order valence-electron chi connectivity index (χ3n) is 5.42. The number of halogens is 3. The predicted molar refractivity (Wildman–Crippen MR) is 120 cm³/mol. The maximum absolute atomic E-state index is 13.0. The average Bonchev–Trinajstić information content (AvgIpc) is 3.17. The summed E-state index contributed by atoms with van der Waals surface area (Å²) >= 11 is 17.1. The van der Waals surface area contributed by atoms with Crippen LogP contribution in [0.5, 0.6) is 0 Å². The number of carbonyl (C=O) groups excluding carboxylic acids is 1. The number of piperazine rings is 1. The van der Waals surface area contributed by atoms with Crippen molar-refractivity contribution in [3.05, 3.63) is 54.1 Å². The van der Waals surface area contributed by atoms with Crippen molar-refractivity contribution < 1.29 is 13.2 Å². The molecule has 1 saturated heterocycles. The average molecular weight is 489 g/mol. The fraction of sp³-hybridized carbons (Fsp3) is 0.350. The van der Waals surface area contributed by atoms with Crippen molar-refractivity contribution in [2.24, 2.45) is 0 Å². The van der Waals surface area contributed by atoms with Gasteiger partial charge in [-0.1, -0.05) is 53.0 Å². The molecule has 1 fully saturated rings. The summed E-state index contributed by atoms with van der Waals surface area (Å²) in [6.45, 7) is 2.55. The monoisotopic (exact) mass is 487 g/mol. The minimum Gasteiger partial charge on any atom is -0.368 e. The molecule has 2 aliphatic heterocycles. The van der Waals surface area contributed by atoms with Gasteiger partial charge in [0.25, 0.3) is 19.7 Å². The highest BCUT2D eigenvalue weighted by molar-refractivity contribution is 7.92. The molecule has 0 radical (unpaired) electrons. The van der Waals surface area contributed by atoms with E-state index in [1.807, 2.05) is 18.2 Å². The molecule has 4 rings (SSSR count). The number of sulfonamides is 1. The Morgan fingerprint density at radius 3 is 2.20 bits per heavy atom. The van der Waals surface area contributed by atoms with E-state index in [1.54, 1.807) is 35.2 Å². The first kappa shape index (κ1) is 21.6. The van der Waals surface area contributed by atoms with Crippen LogP contribution in [0.1, 0.15) is 5.56 Å². The van der Waals surface area contributed by atoms with E-state index in [4.69, 9.17) is 34.8 Å². The molecule has 2 aromatic rings. The molecule has 0 spiro atoms. The fourth-order valence-corrected chi connectivity index (χ4v) is 5.75. The molecule has 6 nitrogen and oxygen atoms in total. The van der Waals surface area contributed by atoms with Gasteiger partial charge < -0.3 is 9.80 Å². The molecule has 0 aromatic heterocycles. The standard InChI is InChI=1S/C20H20Cl3N3O3S/c21-20(22,23)19(27)25-12-10-24(11-13-25)16-6-7-18-15(14-16)8-9-26(18)30(28,29)17-4-2-1-3-5-17/h1-7,14H,8-13H2. The Morgan fingerprint density at radius 1 is 0.900 bits per heavy atom. The van der Waals surface area contributed by atoms with Gasteiger partial charge in [0.05, 0.1) is 10.6 Å². The van der Waals surface area contributed by atoms with Crippen molar-refractivity contribution in [2.45, 2.75) is 15.1 Å². The van der Waals surface area contributed by atoms with Crippen LogP contribution in [0, 0.1) is 0 Å². The number of anilines is 2. The second kappa shape index (κ2) is 8.11. The lowest BCUT2D eigenvalue weighted by Gasteiger charge is -2.37. The van der Waals surface area contributed by atoms with Crippen LogP contribution in [-0.4, -0.2) is 55.7 Å². The Kier molecular flexibility index (Phi) is 5.83. The summed E-state index contributed by atoms with van der Waals surface area (Å²) in [5, 5.41) is 0. The van der Waals surface area contributed by atoms with E-state index >= 15 is 0 Å². The number of alkyl halides is 3. The first-order valence-electron chi connectivity index (χ1n) is 9.50. The number of rotatable bonds is 3.